The van der Waals surface area contributed by atoms with Gasteiger partial charge in [0, 0.05) is 41.7 Å². The molecule has 5 rings (SSSR count). The SMILES string of the molecule is CC(C)n1cc(-c2nc3c4cccc(Br)c4nc(N[C@@H]4CNCCNC4=O)n3n2)cn1. The highest BCUT2D eigenvalue weighted by Gasteiger charge is 2.24. The molecule has 1 atom stereocenters. The number of anilines is 1. The van der Waals surface area contributed by atoms with E-state index in [1.54, 1.807) is 10.7 Å². The average molecular weight is 484 g/mol. The third-order valence-electron chi connectivity index (χ3n) is 5.21. The molecule has 160 valence electrons. The Morgan fingerprint density at radius 1 is 1.26 bits per heavy atom. The minimum Gasteiger partial charge on any atom is -0.353 e. The fraction of sp³-hybridized carbons (Fsp3) is 0.350. The Morgan fingerprint density at radius 2 is 2.13 bits per heavy atom. The van der Waals surface area contributed by atoms with Crippen molar-refractivity contribution in [3.05, 3.63) is 35.1 Å². The van der Waals surface area contributed by atoms with Crippen molar-refractivity contribution in [3.63, 3.8) is 0 Å². The zero-order valence-corrected chi connectivity index (χ0v) is 18.7. The third kappa shape index (κ3) is 3.63. The minimum atomic E-state index is -0.477. The van der Waals surface area contributed by atoms with Crippen LogP contribution in [0.2, 0.25) is 0 Å². The predicted molar refractivity (Wildman–Crippen MR) is 121 cm³/mol. The van der Waals surface area contributed by atoms with Crippen LogP contribution in [0.3, 0.4) is 0 Å². The first-order valence-corrected chi connectivity index (χ1v) is 10.9. The van der Waals surface area contributed by atoms with Crippen LogP contribution in [-0.4, -0.2) is 60.9 Å². The van der Waals surface area contributed by atoms with Crippen molar-refractivity contribution in [1.82, 2.24) is 40.0 Å². The Kier molecular flexibility index (Phi) is 5.06. The van der Waals surface area contributed by atoms with E-state index in [1.165, 1.54) is 0 Å². The standard InChI is InChI=1S/C20H22BrN9O/c1-11(2)29-10-12(8-24-29)17-27-18-13-4-3-5-14(21)16(13)26-20(30(18)28-17)25-15-9-22-6-7-23-19(15)31/h3-5,8,10-11,15,22H,6-7,9H2,1-2H3,(H,23,31)(H,25,26)/t15-/m1/s1. The molecule has 1 aliphatic rings. The Labute approximate surface area is 186 Å². The van der Waals surface area contributed by atoms with Gasteiger partial charge >= 0.3 is 0 Å². The molecule has 31 heavy (non-hydrogen) atoms. The molecule has 1 fully saturated rings. The Bertz CT molecular complexity index is 1280. The molecule has 3 N–H and O–H groups in total. The van der Waals surface area contributed by atoms with Gasteiger partial charge in [-0.05, 0) is 41.9 Å². The number of para-hydroxylation sites is 1. The van der Waals surface area contributed by atoms with Crippen LogP contribution in [0.5, 0.6) is 0 Å². The number of amides is 1. The van der Waals surface area contributed by atoms with E-state index in [9.17, 15) is 4.79 Å². The molecule has 3 aromatic heterocycles. The topological polar surface area (TPSA) is 114 Å². The normalized spacial score (nSPS) is 17.3. The van der Waals surface area contributed by atoms with Crippen LogP contribution >= 0.6 is 15.9 Å². The zero-order valence-electron chi connectivity index (χ0n) is 17.1. The van der Waals surface area contributed by atoms with Gasteiger partial charge in [0.25, 0.3) is 0 Å². The van der Waals surface area contributed by atoms with E-state index in [2.05, 4.69) is 50.8 Å². The lowest BCUT2D eigenvalue weighted by atomic mass is 10.2. The quantitative estimate of drug-likeness (QED) is 0.406. The van der Waals surface area contributed by atoms with E-state index in [-0.39, 0.29) is 11.9 Å². The molecule has 1 saturated heterocycles. The van der Waals surface area contributed by atoms with Gasteiger partial charge in [-0.1, -0.05) is 6.07 Å². The number of aromatic nitrogens is 6. The predicted octanol–water partition coefficient (Wildman–Crippen LogP) is 1.98. The number of hydrogen-bond acceptors (Lipinski definition) is 7. The maximum absolute atomic E-state index is 12.5. The van der Waals surface area contributed by atoms with Crippen LogP contribution in [0.15, 0.2) is 35.1 Å². The number of nitrogens with zero attached hydrogens (tertiary/aromatic N) is 6. The summed E-state index contributed by atoms with van der Waals surface area (Å²) in [4.78, 5) is 22.0. The van der Waals surface area contributed by atoms with Gasteiger partial charge in [-0.2, -0.15) is 9.61 Å². The molecule has 10 nitrogen and oxygen atoms in total. The van der Waals surface area contributed by atoms with Crippen LogP contribution in [-0.2, 0) is 4.79 Å². The van der Waals surface area contributed by atoms with Crippen molar-refractivity contribution in [1.29, 1.82) is 0 Å². The molecule has 0 aliphatic carbocycles. The van der Waals surface area contributed by atoms with E-state index in [0.717, 1.165) is 27.5 Å². The highest BCUT2D eigenvalue weighted by molar-refractivity contribution is 9.10. The molecule has 0 unspecified atom stereocenters. The van der Waals surface area contributed by atoms with Crippen molar-refractivity contribution in [2.24, 2.45) is 0 Å². The van der Waals surface area contributed by atoms with Gasteiger partial charge < -0.3 is 16.0 Å². The molecule has 4 heterocycles. The molecule has 0 radical (unpaired) electrons. The largest absolute Gasteiger partial charge is 0.353 e. The van der Waals surface area contributed by atoms with Crippen molar-refractivity contribution < 1.29 is 4.79 Å². The van der Waals surface area contributed by atoms with Crippen LogP contribution in [0.4, 0.5) is 5.95 Å². The molecule has 0 bridgehead atoms. The number of nitrogens with one attached hydrogen (secondary N) is 3. The van der Waals surface area contributed by atoms with Crippen molar-refractivity contribution in [3.8, 4) is 11.4 Å². The smallest absolute Gasteiger partial charge is 0.243 e. The second kappa shape index (κ2) is 7.89. The summed E-state index contributed by atoms with van der Waals surface area (Å²) in [6, 6.07) is 5.59. The lowest BCUT2D eigenvalue weighted by Gasteiger charge is -2.17. The molecule has 0 spiro atoms. The molecule has 0 saturated carbocycles. The van der Waals surface area contributed by atoms with E-state index in [4.69, 9.17) is 15.1 Å². The monoisotopic (exact) mass is 483 g/mol. The van der Waals surface area contributed by atoms with E-state index in [1.807, 2.05) is 29.1 Å². The van der Waals surface area contributed by atoms with Gasteiger partial charge in [0.2, 0.25) is 11.9 Å². The maximum Gasteiger partial charge on any atom is 0.243 e. The van der Waals surface area contributed by atoms with E-state index in [0.29, 0.717) is 30.5 Å². The van der Waals surface area contributed by atoms with Gasteiger partial charge in [-0.15, -0.1) is 5.10 Å². The van der Waals surface area contributed by atoms with Gasteiger partial charge in [-0.3, -0.25) is 9.48 Å². The second-order valence-electron chi connectivity index (χ2n) is 7.74. The Morgan fingerprint density at radius 3 is 2.94 bits per heavy atom. The van der Waals surface area contributed by atoms with Gasteiger partial charge in [0.05, 0.1) is 17.3 Å². The zero-order chi connectivity index (χ0) is 21.5. The molecular formula is C20H22BrN9O. The van der Waals surface area contributed by atoms with Crippen molar-refractivity contribution in [2.75, 3.05) is 25.0 Å². The molecule has 1 aliphatic heterocycles. The molecule has 11 heteroatoms. The first kappa shape index (κ1) is 19.9. The second-order valence-corrected chi connectivity index (χ2v) is 8.59. The summed E-state index contributed by atoms with van der Waals surface area (Å²) in [5.74, 6) is 0.923. The number of rotatable bonds is 4. The average Bonchev–Trinajstić information content (AvgIpc) is 3.36. The lowest BCUT2D eigenvalue weighted by Crippen LogP contribution is -2.42. The molecule has 1 aromatic carbocycles. The Balaban J connectivity index is 1.66. The summed E-state index contributed by atoms with van der Waals surface area (Å²) < 4.78 is 4.38. The number of carbonyl (C=O) groups is 1. The van der Waals surface area contributed by atoms with Crippen LogP contribution in [0.1, 0.15) is 19.9 Å². The van der Waals surface area contributed by atoms with E-state index < -0.39 is 6.04 Å². The van der Waals surface area contributed by atoms with Crippen LogP contribution in [0, 0.1) is 0 Å². The summed E-state index contributed by atoms with van der Waals surface area (Å²) in [7, 11) is 0. The van der Waals surface area contributed by atoms with Gasteiger partial charge in [0.15, 0.2) is 11.5 Å². The summed E-state index contributed by atoms with van der Waals surface area (Å²) in [5.41, 5.74) is 2.22. The van der Waals surface area contributed by atoms with Crippen molar-refractivity contribution in [2.45, 2.75) is 25.9 Å². The fourth-order valence-corrected chi connectivity index (χ4v) is 4.01. The molecular weight excluding hydrogens is 462 g/mol. The first-order chi connectivity index (χ1) is 15.0. The molecule has 1 amide bonds. The number of hydrogen-bond donors (Lipinski definition) is 3. The Hall–Kier alpha value is -3.05. The minimum absolute atomic E-state index is 0.0780. The summed E-state index contributed by atoms with van der Waals surface area (Å²) >= 11 is 3.58. The van der Waals surface area contributed by atoms with Crippen LogP contribution < -0.4 is 16.0 Å². The van der Waals surface area contributed by atoms with E-state index >= 15 is 0 Å². The van der Waals surface area contributed by atoms with Crippen molar-refractivity contribution >= 4 is 44.3 Å². The van der Waals surface area contributed by atoms with Gasteiger partial charge in [-0.25, -0.2) is 9.97 Å². The number of fused-ring (bicyclic) bond motifs is 3. The first-order valence-electron chi connectivity index (χ1n) is 10.2. The maximum atomic E-state index is 12.5. The summed E-state index contributed by atoms with van der Waals surface area (Å²) in [6.45, 7) is 5.94. The lowest BCUT2D eigenvalue weighted by molar-refractivity contribution is -0.121. The highest BCUT2D eigenvalue weighted by atomic mass is 79.9. The number of carbonyl (C=O) groups excluding carboxylic acids is 1. The van der Waals surface area contributed by atoms with Crippen LogP contribution in [0.25, 0.3) is 27.9 Å². The summed E-state index contributed by atoms with van der Waals surface area (Å²) in [6.07, 6.45) is 3.69. The number of benzene rings is 1. The van der Waals surface area contributed by atoms with Gasteiger partial charge in [0.1, 0.15) is 6.04 Å². The number of halogens is 1. The molecule has 4 aromatic rings. The third-order valence-corrected chi connectivity index (χ3v) is 5.85. The fourth-order valence-electron chi connectivity index (χ4n) is 3.56. The highest BCUT2D eigenvalue weighted by Crippen LogP contribution is 2.29. The summed E-state index contributed by atoms with van der Waals surface area (Å²) in [5, 5.41) is 19.4.